The maximum absolute atomic E-state index is 12.4. The van der Waals surface area contributed by atoms with E-state index in [0.29, 0.717) is 12.2 Å². The number of nitrogens with zero attached hydrogens (tertiary/aromatic N) is 2. The number of aryl methyl sites for hydroxylation is 1. The van der Waals surface area contributed by atoms with Crippen molar-refractivity contribution in [3.05, 3.63) is 29.3 Å². The van der Waals surface area contributed by atoms with Crippen molar-refractivity contribution in [2.45, 2.75) is 40.2 Å². The average Bonchev–Trinajstić information content (AvgIpc) is 2.63. The van der Waals surface area contributed by atoms with Gasteiger partial charge in [0.1, 0.15) is 12.1 Å². The van der Waals surface area contributed by atoms with Crippen molar-refractivity contribution in [3.63, 3.8) is 0 Å². The molecule has 1 aromatic rings. The first-order valence-electron chi connectivity index (χ1n) is 7.69. The van der Waals surface area contributed by atoms with E-state index in [1.54, 1.807) is 19.9 Å². The van der Waals surface area contributed by atoms with Gasteiger partial charge in [-0.3, -0.25) is 14.5 Å². The second kappa shape index (κ2) is 6.02. The summed E-state index contributed by atoms with van der Waals surface area (Å²) in [6, 6.07) is 5.20. The highest BCUT2D eigenvalue weighted by Crippen LogP contribution is 2.27. The van der Waals surface area contributed by atoms with Gasteiger partial charge in [-0.1, -0.05) is 12.1 Å². The first kappa shape index (κ1) is 17.0. The molecule has 1 fully saturated rings. The molecule has 1 N–H and O–H groups in total. The third kappa shape index (κ3) is 2.93. The lowest BCUT2D eigenvalue weighted by atomic mass is 10.0. The van der Waals surface area contributed by atoms with Crippen LogP contribution in [0.5, 0.6) is 0 Å². The van der Waals surface area contributed by atoms with Crippen molar-refractivity contribution in [3.8, 4) is 0 Å². The van der Waals surface area contributed by atoms with Gasteiger partial charge >= 0.3 is 6.03 Å². The topological polar surface area (TPSA) is 69.7 Å². The van der Waals surface area contributed by atoms with Crippen LogP contribution in [0.1, 0.15) is 31.9 Å². The van der Waals surface area contributed by atoms with Gasteiger partial charge in [0, 0.05) is 12.2 Å². The van der Waals surface area contributed by atoms with E-state index < -0.39 is 11.6 Å². The zero-order valence-electron chi connectivity index (χ0n) is 14.3. The second-order valence-corrected chi connectivity index (χ2v) is 6.27. The molecule has 0 unspecified atom stereocenters. The van der Waals surface area contributed by atoms with E-state index in [9.17, 15) is 14.4 Å². The number of hydrogen-bond donors (Lipinski definition) is 1. The summed E-state index contributed by atoms with van der Waals surface area (Å²) in [5.41, 5.74) is 1.82. The number of carbonyl (C=O) groups is 3. The SMILES string of the molecule is CCN1C(=O)N(CC(=O)Nc2cccc(C)c2C)C(=O)C1(C)C. The predicted octanol–water partition coefficient (Wildman–Crippen LogP) is 2.30. The fraction of sp³-hybridized carbons (Fsp3) is 0.471. The van der Waals surface area contributed by atoms with E-state index in [0.717, 1.165) is 16.0 Å². The summed E-state index contributed by atoms with van der Waals surface area (Å²) in [4.78, 5) is 39.5. The van der Waals surface area contributed by atoms with E-state index in [4.69, 9.17) is 0 Å². The third-order valence-corrected chi connectivity index (χ3v) is 4.40. The molecule has 0 aromatic heterocycles. The minimum atomic E-state index is -0.911. The molecular weight excluding hydrogens is 294 g/mol. The molecule has 6 heteroatoms. The van der Waals surface area contributed by atoms with Gasteiger partial charge in [0.25, 0.3) is 5.91 Å². The molecule has 1 aliphatic rings. The van der Waals surface area contributed by atoms with Crippen LogP contribution in [0.25, 0.3) is 0 Å². The van der Waals surface area contributed by atoms with Crippen LogP contribution in [-0.2, 0) is 9.59 Å². The molecule has 4 amide bonds. The van der Waals surface area contributed by atoms with Crippen LogP contribution in [0, 0.1) is 13.8 Å². The Morgan fingerprint density at radius 2 is 1.87 bits per heavy atom. The van der Waals surface area contributed by atoms with Gasteiger partial charge in [0.05, 0.1) is 0 Å². The smallest absolute Gasteiger partial charge is 0.324 e. The van der Waals surface area contributed by atoms with Crippen molar-refractivity contribution >= 4 is 23.5 Å². The lowest BCUT2D eigenvalue weighted by molar-refractivity contribution is -0.134. The number of urea groups is 1. The van der Waals surface area contributed by atoms with E-state index >= 15 is 0 Å². The fourth-order valence-corrected chi connectivity index (χ4v) is 2.81. The summed E-state index contributed by atoms with van der Waals surface area (Å²) in [7, 11) is 0. The number of amides is 4. The lowest BCUT2D eigenvalue weighted by Gasteiger charge is -2.25. The Kier molecular flexibility index (Phi) is 4.45. The van der Waals surface area contributed by atoms with E-state index in [1.807, 2.05) is 32.9 Å². The van der Waals surface area contributed by atoms with Crippen LogP contribution in [0.4, 0.5) is 10.5 Å². The van der Waals surface area contributed by atoms with Gasteiger partial charge in [-0.05, 0) is 51.8 Å². The standard InChI is InChI=1S/C17H23N3O3/c1-6-20-16(23)19(15(22)17(20,4)5)10-14(21)18-13-9-7-8-11(2)12(13)3/h7-9H,6,10H2,1-5H3,(H,18,21). The summed E-state index contributed by atoms with van der Waals surface area (Å²) in [5, 5.41) is 2.78. The molecule has 1 heterocycles. The minimum Gasteiger partial charge on any atom is -0.324 e. The molecule has 6 nitrogen and oxygen atoms in total. The molecule has 1 aliphatic heterocycles. The van der Waals surface area contributed by atoms with Gasteiger partial charge < -0.3 is 10.2 Å². The molecule has 0 radical (unpaired) electrons. The van der Waals surface area contributed by atoms with Crippen molar-refractivity contribution in [1.82, 2.24) is 9.80 Å². The van der Waals surface area contributed by atoms with Crippen LogP contribution in [-0.4, -0.2) is 46.3 Å². The molecule has 0 atom stereocenters. The van der Waals surface area contributed by atoms with Crippen molar-refractivity contribution in [2.75, 3.05) is 18.4 Å². The molecule has 2 rings (SSSR count). The van der Waals surface area contributed by atoms with Gasteiger partial charge in [0.2, 0.25) is 5.91 Å². The molecule has 124 valence electrons. The highest BCUT2D eigenvalue weighted by Gasteiger charge is 2.50. The quantitative estimate of drug-likeness (QED) is 0.866. The Balaban J connectivity index is 2.13. The predicted molar refractivity (Wildman–Crippen MR) is 88.1 cm³/mol. The molecule has 0 saturated carbocycles. The number of carbonyl (C=O) groups excluding carboxylic acids is 3. The van der Waals surface area contributed by atoms with Gasteiger partial charge in [-0.25, -0.2) is 4.79 Å². The summed E-state index contributed by atoms with van der Waals surface area (Å²) in [6.45, 7) is 9.22. The van der Waals surface area contributed by atoms with Gasteiger partial charge in [-0.15, -0.1) is 0 Å². The third-order valence-electron chi connectivity index (χ3n) is 4.40. The van der Waals surface area contributed by atoms with Crippen LogP contribution in [0.2, 0.25) is 0 Å². The number of imide groups is 1. The second-order valence-electron chi connectivity index (χ2n) is 6.27. The molecule has 0 bridgehead atoms. The molecule has 1 saturated heterocycles. The zero-order valence-corrected chi connectivity index (χ0v) is 14.3. The summed E-state index contributed by atoms with van der Waals surface area (Å²) in [5.74, 6) is -0.727. The Labute approximate surface area is 136 Å². The van der Waals surface area contributed by atoms with E-state index in [-0.39, 0.29) is 18.4 Å². The summed E-state index contributed by atoms with van der Waals surface area (Å²) < 4.78 is 0. The van der Waals surface area contributed by atoms with Crippen molar-refractivity contribution < 1.29 is 14.4 Å². The fourth-order valence-electron chi connectivity index (χ4n) is 2.81. The monoisotopic (exact) mass is 317 g/mol. The highest BCUT2D eigenvalue weighted by molar-refractivity contribution is 6.09. The van der Waals surface area contributed by atoms with Gasteiger partial charge in [-0.2, -0.15) is 0 Å². The van der Waals surface area contributed by atoms with Gasteiger partial charge in [0.15, 0.2) is 0 Å². The average molecular weight is 317 g/mol. The van der Waals surface area contributed by atoms with Crippen molar-refractivity contribution in [2.24, 2.45) is 0 Å². The molecular formula is C17H23N3O3. The number of rotatable bonds is 4. The lowest BCUT2D eigenvalue weighted by Crippen LogP contribution is -2.44. The maximum Gasteiger partial charge on any atom is 0.328 e. The largest absolute Gasteiger partial charge is 0.328 e. The number of benzene rings is 1. The molecule has 0 spiro atoms. The first-order valence-corrected chi connectivity index (χ1v) is 7.69. The number of nitrogens with one attached hydrogen (secondary N) is 1. The number of hydrogen-bond acceptors (Lipinski definition) is 3. The molecule has 1 aromatic carbocycles. The summed E-state index contributed by atoms with van der Waals surface area (Å²) >= 11 is 0. The first-order chi connectivity index (χ1) is 10.7. The minimum absolute atomic E-state index is 0.273. The van der Waals surface area contributed by atoms with E-state index in [1.165, 1.54) is 4.90 Å². The van der Waals surface area contributed by atoms with Crippen LogP contribution < -0.4 is 5.32 Å². The van der Waals surface area contributed by atoms with Crippen LogP contribution in [0.15, 0.2) is 18.2 Å². The normalized spacial score (nSPS) is 16.9. The Morgan fingerprint density at radius 1 is 1.22 bits per heavy atom. The Morgan fingerprint density at radius 3 is 2.43 bits per heavy atom. The Hall–Kier alpha value is -2.37. The highest BCUT2D eigenvalue weighted by atomic mass is 16.2. The zero-order chi connectivity index (χ0) is 17.4. The van der Waals surface area contributed by atoms with Crippen molar-refractivity contribution in [1.29, 1.82) is 0 Å². The Bertz CT molecular complexity index is 667. The van der Waals surface area contributed by atoms with E-state index in [2.05, 4.69) is 5.32 Å². The maximum atomic E-state index is 12.4. The van der Waals surface area contributed by atoms with Crippen LogP contribution >= 0.6 is 0 Å². The van der Waals surface area contributed by atoms with Crippen LogP contribution in [0.3, 0.4) is 0 Å². The number of likely N-dealkylation sites (N-methyl/N-ethyl adjacent to an activating group) is 1. The molecule has 0 aliphatic carbocycles. The molecule has 23 heavy (non-hydrogen) atoms. The number of anilines is 1. The summed E-state index contributed by atoms with van der Waals surface area (Å²) in [6.07, 6.45) is 0.